The Bertz CT molecular complexity index is 1120. The third-order valence-corrected chi connectivity index (χ3v) is 4.45. The molecule has 0 atom stereocenters. The van der Waals surface area contributed by atoms with Crippen molar-refractivity contribution in [3.63, 3.8) is 0 Å². The second-order valence-corrected chi connectivity index (χ2v) is 5.64. The van der Waals surface area contributed by atoms with E-state index in [0.29, 0.717) is 5.75 Å². The summed E-state index contributed by atoms with van der Waals surface area (Å²) in [7, 11) is 0. The Morgan fingerprint density at radius 1 is 0.524 bits per heavy atom. The van der Waals surface area contributed by atoms with Crippen LogP contribution >= 0.6 is 0 Å². The molecule has 0 aliphatic rings. The summed E-state index contributed by atoms with van der Waals surface area (Å²) in [6, 6.07) is 23.0. The van der Waals surface area contributed by atoms with E-state index < -0.39 is 0 Å². The fraction of sp³-hybridized carbons (Fsp3) is 0. The van der Waals surface area contributed by atoms with Gasteiger partial charge in [0.2, 0.25) is 0 Å². The van der Waals surface area contributed by atoms with Gasteiger partial charge in [0.15, 0.2) is 0 Å². The molecule has 5 aromatic rings. The third-order valence-electron chi connectivity index (χ3n) is 4.45. The molecule has 0 radical (unpaired) electrons. The highest BCUT2D eigenvalue weighted by Crippen LogP contribution is 2.38. The number of benzene rings is 5. The number of phenolic OH excluding ortho intramolecular Hbond substituents is 1. The smallest absolute Gasteiger partial charge is 0.116 e. The fourth-order valence-electron chi connectivity index (χ4n) is 3.52. The average Bonchev–Trinajstić information content (AvgIpc) is 2.52. The van der Waals surface area contributed by atoms with E-state index in [1.807, 2.05) is 12.1 Å². The lowest BCUT2D eigenvalue weighted by Gasteiger charge is -2.13. The van der Waals surface area contributed by atoms with Gasteiger partial charge < -0.3 is 5.11 Å². The molecule has 0 unspecified atom stereocenters. The molecule has 0 saturated heterocycles. The van der Waals surface area contributed by atoms with Crippen LogP contribution in [0.5, 0.6) is 5.75 Å². The van der Waals surface area contributed by atoms with Crippen molar-refractivity contribution in [1.29, 1.82) is 0 Å². The van der Waals surface area contributed by atoms with Crippen LogP contribution in [0.2, 0.25) is 0 Å². The van der Waals surface area contributed by atoms with Crippen molar-refractivity contribution in [2.45, 2.75) is 0 Å². The first kappa shape index (κ1) is 10.9. The summed E-state index contributed by atoms with van der Waals surface area (Å²) in [6.45, 7) is 0. The van der Waals surface area contributed by atoms with E-state index in [9.17, 15) is 5.11 Å². The normalized spacial score (nSPS) is 12.0. The number of hydrogen-bond donors (Lipinski definition) is 1. The number of rotatable bonds is 0. The van der Waals surface area contributed by atoms with Gasteiger partial charge in [-0.25, -0.2) is 0 Å². The Morgan fingerprint density at radius 3 is 2.10 bits per heavy atom. The minimum absolute atomic E-state index is 0.317. The highest BCUT2D eigenvalue weighted by atomic mass is 16.3. The summed E-state index contributed by atoms with van der Waals surface area (Å²) >= 11 is 0. The Balaban J connectivity index is 2.19. The van der Waals surface area contributed by atoms with Crippen LogP contribution in [0, 0.1) is 0 Å². The van der Waals surface area contributed by atoms with Gasteiger partial charge in [0.25, 0.3) is 0 Å². The molecular weight excluding hydrogens is 260 g/mol. The maximum absolute atomic E-state index is 9.83. The van der Waals surface area contributed by atoms with Crippen molar-refractivity contribution >= 4 is 43.1 Å². The van der Waals surface area contributed by atoms with Gasteiger partial charge >= 0.3 is 0 Å². The van der Waals surface area contributed by atoms with E-state index in [2.05, 4.69) is 48.5 Å². The SMILES string of the molecule is Oc1ccc2cc3[13cH][13cH]c4cccc5[13cH][13cH]c(c2c1)c3c45. The first-order chi connectivity index (χ1) is 10.3. The lowest BCUT2D eigenvalue weighted by molar-refractivity contribution is 0.476. The number of phenols is 1. The molecule has 1 N–H and O–H groups in total. The molecule has 1 nitrogen and oxygen atoms in total. The van der Waals surface area contributed by atoms with Gasteiger partial charge in [-0.2, -0.15) is 0 Å². The highest BCUT2D eigenvalue weighted by molar-refractivity contribution is 6.28. The van der Waals surface area contributed by atoms with Crippen LogP contribution < -0.4 is 0 Å². The van der Waals surface area contributed by atoms with Gasteiger partial charge in [0, 0.05) is 0 Å². The molecule has 0 aliphatic heterocycles. The predicted molar refractivity (Wildman–Crippen MR) is 89.3 cm³/mol. The summed E-state index contributed by atoms with van der Waals surface area (Å²) in [6.07, 6.45) is 0. The number of aromatic hydroxyl groups is 1. The highest BCUT2D eigenvalue weighted by Gasteiger charge is 2.10. The van der Waals surface area contributed by atoms with Crippen molar-refractivity contribution in [2.24, 2.45) is 0 Å². The molecule has 0 amide bonds. The zero-order valence-electron chi connectivity index (χ0n) is 11.3. The minimum Gasteiger partial charge on any atom is -0.508 e. The third kappa shape index (κ3) is 1.35. The van der Waals surface area contributed by atoms with E-state index in [1.54, 1.807) is 6.07 Å². The van der Waals surface area contributed by atoms with Crippen molar-refractivity contribution < 1.29 is 5.11 Å². The van der Waals surface area contributed by atoms with Crippen molar-refractivity contribution in [3.05, 3.63) is 66.7 Å². The Labute approximate surface area is 121 Å². The molecular formula is C20H12O. The number of hydrogen-bond acceptors (Lipinski definition) is 1. The fourth-order valence-corrected chi connectivity index (χ4v) is 3.52. The molecule has 0 heterocycles. The minimum atomic E-state index is 0.317. The van der Waals surface area contributed by atoms with Crippen LogP contribution in [0.1, 0.15) is 0 Å². The maximum atomic E-state index is 9.83. The topological polar surface area (TPSA) is 20.2 Å². The Morgan fingerprint density at radius 2 is 1.24 bits per heavy atom. The molecule has 21 heavy (non-hydrogen) atoms. The van der Waals surface area contributed by atoms with Crippen LogP contribution in [-0.4, -0.2) is 5.11 Å². The maximum Gasteiger partial charge on any atom is 0.116 e. The molecule has 0 aromatic heterocycles. The van der Waals surface area contributed by atoms with Gasteiger partial charge in [0.1, 0.15) is 5.75 Å². The Kier molecular flexibility index (Phi) is 1.90. The summed E-state index contributed by atoms with van der Waals surface area (Å²) in [5.74, 6) is 0.317. The second-order valence-electron chi connectivity index (χ2n) is 5.64. The van der Waals surface area contributed by atoms with Crippen molar-refractivity contribution in [3.8, 4) is 5.75 Å². The largest absolute Gasteiger partial charge is 0.508 e. The average molecular weight is 272 g/mol. The molecule has 0 aliphatic carbocycles. The molecule has 98 valence electrons. The number of fused-ring (bicyclic) bond motifs is 2. The van der Waals surface area contributed by atoms with Crippen molar-refractivity contribution in [2.75, 3.05) is 0 Å². The monoisotopic (exact) mass is 272 g/mol. The molecule has 0 spiro atoms. The van der Waals surface area contributed by atoms with E-state index in [4.69, 9.17) is 0 Å². The molecule has 0 saturated carbocycles. The first-order valence-electron chi connectivity index (χ1n) is 7.10. The van der Waals surface area contributed by atoms with Crippen LogP contribution in [0.4, 0.5) is 0 Å². The van der Waals surface area contributed by atoms with Gasteiger partial charge in [0.05, 0.1) is 0 Å². The van der Waals surface area contributed by atoms with E-state index in [0.717, 1.165) is 5.39 Å². The van der Waals surface area contributed by atoms with Gasteiger partial charge in [-0.1, -0.05) is 48.5 Å². The van der Waals surface area contributed by atoms with Crippen LogP contribution in [-0.2, 0) is 0 Å². The van der Waals surface area contributed by atoms with Crippen LogP contribution in [0.25, 0.3) is 43.1 Å². The standard InChI is InChI=1S/C20H12O/c21-16-8-6-14-10-15-5-4-12-2-1-3-13-7-9-17(18(14)11-16)20(15)19(12)13/h1-11,21H/i4+1,5+1,7+1,9+1. The molecule has 1 heteroatoms. The van der Waals surface area contributed by atoms with E-state index in [1.165, 1.54) is 37.7 Å². The van der Waals surface area contributed by atoms with Crippen LogP contribution in [0.3, 0.4) is 0 Å². The summed E-state index contributed by atoms with van der Waals surface area (Å²) < 4.78 is 0. The summed E-state index contributed by atoms with van der Waals surface area (Å²) in [5.41, 5.74) is 0. The lowest BCUT2D eigenvalue weighted by atomic mass is 9.98. The second kappa shape index (κ2) is 3.64. The molecule has 5 aromatic carbocycles. The van der Waals surface area contributed by atoms with Crippen LogP contribution in [0.15, 0.2) is 66.7 Å². The lowest BCUT2D eigenvalue weighted by Crippen LogP contribution is -1.85. The van der Waals surface area contributed by atoms with Crippen molar-refractivity contribution in [1.82, 2.24) is 0 Å². The van der Waals surface area contributed by atoms with E-state index >= 15 is 0 Å². The molecule has 5 rings (SSSR count). The van der Waals surface area contributed by atoms with Gasteiger partial charge in [-0.15, -0.1) is 0 Å². The predicted octanol–water partition coefficient (Wildman–Crippen LogP) is 5.44. The molecule has 0 bridgehead atoms. The zero-order valence-corrected chi connectivity index (χ0v) is 11.3. The van der Waals surface area contributed by atoms with E-state index in [-0.39, 0.29) is 0 Å². The van der Waals surface area contributed by atoms with Gasteiger partial charge in [-0.05, 0) is 61.3 Å². The van der Waals surface area contributed by atoms with Gasteiger partial charge in [-0.3, -0.25) is 0 Å². The first-order valence-corrected chi connectivity index (χ1v) is 7.10. The summed E-state index contributed by atoms with van der Waals surface area (Å²) in [5, 5.41) is 19.7. The Hall–Kier alpha value is -2.80. The molecule has 0 fully saturated rings. The summed E-state index contributed by atoms with van der Waals surface area (Å²) in [4.78, 5) is 0. The quantitative estimate of drug-likeness (QED) is 0.294. The zero-order chi connectivity index (χ0) is 14.0.